The van der Waals surface area contributed by atoms with E-state index in [4.69, 9.17) is 0 Å². The third kappa shape index (κ3) is 3.44. The molecule has 1 heterocycles. The Morgan fingerprint density at radius 3 is 2.55 bits per heavy atom. The Bertz CT molecular complexity index is 426. The van der Waals surface area contributed by atoms with Crippen molar-refractivity contribution in [1.82, 2.24) is 4.90 Å². The predicted octanol–water partition coefficient (Wildman–Crippen LogP) is 5.38. The standard InChI is InChI=1S/C19H31N/c1-6-15(3)18-8-7-9-19(13-18)17(5)20-11-10-14(2)12-16(20)4/h7-9,13-17H,6,10-12H2,1-5H3/t14?,15?,16?,17-/m1/s1. The van der Waals surface area contributed by atoms with Crippen LogP contribution in [0.2, 0.25) is 0 Å². The molecule has 0 N–H and O–H groups in total. The Morgan fingerprint density at radius 2 is 1.90 bits per heavy atom. The summed E-state index contributed by atoms with van der Waals surface area (Å²) < 4.78 is 0. The van der Waals surface area contributed by atoms with Crippen molar-refractivity contribution in [2.24, 2.45) is 5.92 Å². The molecule has 0 aromatic heterocycles. The topological polar surface area (TPSA) is 3.24 Å². The van der Waals surface area contributed by atoms with Gasteiger partial charge in [0.2, 0.25) is 0 Å². The molecule has 112 valence electrons. The normalized spacial score (nSPS) is 27.2. The number of piperidine rings is 1. The van der Waals surface area contributed by atoms with Crippen LogP contribution < -0.4 is 0 Å². The van der Waals surface area contributed by atoms with Gasteiger partial charge in [-0.25, -0.2) is 0 Å². The Kier molecular flexibility index (Phi) is 5.26. The van der Waals surface area contributed by atoms with E-state index in [0.29, 0.717) is 18.0 Å². The summed E-state index contributed by atoms with van der Waals surface area (Å²) in [5.74, 6) is 1.56. The lowest BCUT2D eigenvalue weighted by atomic mass is 9.90. The van der Waals surface area contributed by atoms with Gasteiger partial charge in [-0.05, 0) is 62.6 Å². The van der Waals surface area contributed by atoms with E-state index in [9.17, 15) is 0 Å². The first-order chi connectivity index (χ1) is 9.52. The Morgan fingerprint density at radius 1 is 1.20 bits per heavy atom. The van der Waals surface area contributed by atoms with E-state index < -0.39 is 0 Å². The molecule has 1 aromatic carbocycles. The summed E-state index contributed by atoms with van der Waals surface area (Å²) in [5, 5.41) is 0. The zero-order valence-electron chi connectivity index (χ0n) is 13.9. The molecule has 3 unspecified atom stereocenters. The molecule has 1 aliphatic rings. The van der Waals surface area contributed by atoms with E-state index in [1.165, 1.54) is 36.9 Å². The molecule has 0 radical (unpaired) electrons. The van der Waals surface area contributed by atoms with Crippen LogP contribution in [-0.4, -0.2) is 17.5 Å². The first-order valence-electron chi connectivity index (χ1n) is 8.38. The molecule has 0 amide bonds. The Balaban J connectivity index is 2.14. The average Bonchev–Trinajstić information content (AvgIpc) is 2.46. The first-order valence-corrected chi connectivity index (χ1v) is 8.38. The van der Waals surface area contributed by atoms with Crippen LogP contribution in [0.4, 0.5) is 0 Å². The quantitative estimate of drug-likeness (QED) is 0.711. The number of likely N-dealkylation sites (tertiary alicyclic amines) is 1. The minimum Gasteiger partial charge on any atom is -0.294 e. The highest BCUT2D eigenvalue weighted by Gasteiger charge is 2.27. The van der Waals surface area contributed by atoms with E-state index in [2.05, 4.69) is 63.8 Å². The molecule has 1 heteroatoms. The van der Waals surface area contributed by atoms with Gasteiger partial charge in [0.1, 0.15) is 0 Å². The SMILES string of the molecule is CCC(C)c1cccc([C@@H](C)N2CCC(C)CC2C)c1. The molecule has 1 aliphatic heterocycles. The number of nitrogens with zero attached hydrogens (tertiary/aromatic N) is 1. The molecule has 20 heavy (non-hydrogen) atoms. The van der Waals surface area contributed by atoms with E-state index in [1.54, 1.807) is 0 Å². The summed E-state index contributed by atoms with van der Waals surface area (Å²) >= 11 is 0. The fourth-order valence-corrected chi connectivity index (χ4v) is 3.55. The van der Waals surface area contributed by atoms with E-state index >= 15 is 0 Å². The average molecular weight is 273 g/mol. The van der Waals surface area contributed by atoms with Crippen LogP contribution in [0, 0.1) is 5.92 Å². The lowest BCUT2D eigenvalue weighted by Crippen LogP contribution is -2.41. The zero-order chi connectivity index (χ0) is 14.7. The molecule has 1 saturated heterocycles. The summed E-state index contributed by atoms with van der Waals surface area (Å²) in [6, 6.07) is 10.5. The second-order valence-corrected chi connectivity index (χ2v) is 6.87. The van der Waals surface area contributed by atoms with Crippen molar-refractivity contribution in [3.8, 4) is 0 Å². The van der Waals surface area contributed by atoms with Gasteiger partial charge in [-0.2, -0.15) is 0 Å². The fraction of sp³-hybridized carbons (Fsp3) is 0.684. The van der Waals surface area contributed by atoms with Gasteiger partial charge in [0, 0.05) is 12.1 Å². The monoisotopic (exact) mass is 273 g/mol. The third-order valence-corrected chi connectivity index (χ3v) is 5.26. The Hall–Kier alpha value is -0.820. The van der Waals surface area contributed by atoms with Gasteiger partial charge in [-0.1, -0.05) is 45.0 Å². The van der Waals surface area contributed by atoms with Crippen LogP contribution in [0.25, 0.3) is 0 Å². The van der Waals surface area contributed by atoms with Crippen LogP contribution in [0.1, 0.15) is 77.0 Å². The zero-order valence-corrected chi connectivity index (χ0v) is 13.9. The van der Waals surface area contributed by atoms with E-state index in [-0.39, 0.29) is 0 Å². The van der Waals surface area contributed by atoms with Crippen molar-refractivity contribution in [2.45, 2.75) is 71.9 Å². The third-order valence-electron chi connectivity index (χ3n) is 5.26. The number of hydrogen-bond donors (Lipinski definition) is 0. The molecule has 1 nitrogen and oxygen atoms in total. The largest absolute Gasteiger partial charge is 0.294 e. The lowest BCUT2D eigenvalue weighted by Gasteiger charge is -2.40. The van der Waals surface area contributed by atoms with Crippen LogP contribution >= 0.6 is 0 Å². The summed E-state index contributed by atoms with van der Waals surface area (Å²) in [7, 11) is 0. The molecule has 0 aliphatic carbocycles. The maximum Gasteiger partial charge on any atom is 0.0322 e. The maximum atomic E-state index is 2.69. The van der Waals surface area contributed by atoms with Crippen LogP contribution in [0.5, 0.6) is 0 Å². The highest BCUT2D eigenvalue weighted by atomic mass is 15.2. The predicted molar refractivity (Wildman–Crippen MR) is 88.1 cm³/mol. The van der Waals surface area contributed by atoms with Gasteiger partial charge in [0.15, 0.2) is 0 Å². The molecule has 0 bridgehead atoms. The van der Waals surface area contributed by atoms with Gasteiger partial charge >= 0.3 is 0 Å². The van der Waals surface area contributed by atoms with Gasteiger partial charge in [0.05, 0.1) is 0 Å². The smallest absolute Gasteiger partial charge is 0.0322 e. The molecule has 0 saturated carbocycles. The second kappa shape index (κ2) is 6.76. The molecule has 1 fully saturated rings. The highest BCUT2D eigenvalue weighted by molar-refractivity contribution is 5.28. The van der Waals surface area contributed by atoms with Crippen LogP contribution in [-0.2, 0) is 0 Å². The minimum atomic E-state index is 0.543. The molecule has 2 rings (SSSR count). The molecule has 0 spiro atoms. The van der Waals surface area contributed by atoms with Crippen LogP contribution in [0.15, 0.2) is 24.3 Å². The Labute approximate surface area is 125 Å². The maximum absolute atomic E-state index is 2.69. The summed E-state index contributed by atoms with van der Waals surface area (Å²) in [6.45, 7) is 13.0. The molecule has 4 atom stereocenters. The van der Waals surface area contributed by atoms with Gasteiger partial charge in [-0.3, -0.25) is 4.90 Å². The van der Waals surface area contributed by atoms with Crippen molar-refractivity contribution in [3.63, 3.8) is 0 Å². The summed E-state index contributed by atoms with van der Waals surface area (Å²) in [6.07, 6.45) is 3.91. The number of benzene rings is 1. The summed E-state index contributed by atoms with van der Waals surface area (Å²) in [5.41, 5.74) is 2.99. The van der Waals surface area contributed by atoms with E-state index in [1.807, 2.05) is 0 Å². The van der Waals surface area contributed by atoms with E-state index in [0.717, 1.165) is 5.92 Å². The van der Waals surface area contributed by atoms with Gasteiger partial charge in [0.25, 0.3) is 0 Å². The van der Waals surface area contributed by atoms with Crippen molar-refractivity contribution in [2.75, 3.05) is 6.54 Å². The summed E-state index contributed by atoms with van der Waals surface area (Å²) in [4.78, 5) is 2.69. The highest BCUT2D eigenvalue weighted by Crippen LogP contribution is 2.31. The van der Waals surface area contributed by atoms with Crippen molar-refractivity contribution in [3.05, 3.63) is 35.4 Å². The lowest BCUT2D eigenvalue weighted by molar-refractivity contribution is 0.0894. The van der Waals surface area contributed by atoms with Crippen LogP contribution in [0.3, 0.4) is 0 Å². The van der Waals surface area contributed by atoms with Gasteiger partial charge in [-0.15, -0.1) is 0 Å². The van der Waals surface area contributed by atoms with Crippen molar-refractivity contribution >= 4 is 0 Å². The first kappa shape index (κ1) is 15.6. The molecule has 1 aromatic rings. The fourth-order valence-electron chi connectivity index (χ4n) is 3.55. The molecular formula is C19H31N. The van der Waals surface area contributed by atoms with Crippen molar-refractivity contribution in [1.29, 1.82) is 0 Å². The molecular weight excluding hydrogens is 242 g/mol. The van der Waals surface area contributed by atoms with Gasteiger partial charge < -0.3 is 0 Å². The minimum absolute atomic E-state index is 0.543. The number of hydrogen-bond acceptors (Lipinski definition) is 1. The second-order valence-electron chi connectivity index (χ2n) is 6.87. The number of rotatable bonds is 4. The van der Waals surface area contributed by atoms with Crippen molar-refractivity contribution < 1.29 is 0 Å².